The molecule has 0 radical (unpaired) electrons. The first-order valence-electron chi connectivity index (χ1n) is 2.91. The normalized spacial score (nSPS) is 26.5. The van der Waals surface area contributed by atoms with Crippen molar-refractivity contribution in [3.05, 3.63) is 0 Å². The third-order valence-corrected chi connectivity index (χ3v) is 2.65. The zero-order valence-corrected chi connectivity index (χ0v) is 8.55. The van der Waals surface area contributed by atoms with E-state index in [0.29, 0.717) is 0 Å². The van der Waals surface area contributed by atoms with Gasteiger partial charge in [-0.1, -0.05) is 3.89 Å². The van der Waals surface area contributed by atoms with E-state index in [1.54, 1.807) is 0 Å². The van der Waals surface area contributed by atoms with Crippen molar-refractivity contribution in [2.24, 2.45) is 0 Å². The molecule has 1 heterocycles. The van der Waals surface area contributed by atoms with Crippen LogP contribution in [0.5, 0.6) is 0 Å². The Labute approximate surface area is 89.8 Å². The summed E-state index contributed by atoms with van der Waals surface area (Å²) in [7, 11) is -5.92. The van der Waals surface area contributed by atoms with Gasteiger partial charge in [-0.05, 0) is 27.7 Å². The van der Waals surface area contributed by atoms with Gasteiger partial charge in [-0.15, -0.1) is 0 Å². The molecule has 4 nitrogen and oxygen atoms in total. The molecule has 1 saturated heterocycles. The van der Waals surface area contributed by atoms with Crippen LogP contribution in [-0.2, 0) is 15.2 Å². The lowest BCUT2D eigenvalue weighted by atomic mass is 10.3. The molecule has 0 amide bonds. The Hall–Kier alpha value is 0.1000. The van der Waals surface area contributed by atoms with E-state index in [1.807, 2.05) is 0 Å². The molecule has 0 N–H and O–H groups in total. The highest BCUT2D eigenvalue weighted by atomic mass is 35.5. The second kappa shape index (κ2) is 3.06. The van der Waals surface area contributed by atoms with E-state index in [0.717, 1.165) is 0 Å². The Morgan fingerprint density at radius 3 is 1.53 bits per heavy atom. The molecule has 0 bridgehead atoms. The lowest BCUT2D eigenvalue weighted by Gasteiger charge is -2.19. The van der Waals surface area contributed by atoms with Crippen LogP contribution in [0.15, 0.2) is 0 Å². The highest BCUT2D eigenvalue weighted by Gasteiger charge is 2.88. The number of hydrogen-bond donors (Lipinski definition) is 0. The van der Waals surface area contributed by atoms with Gasteiger partial charge in [0.15, 0.2) is 0 Å². The Morgan fingerprint density at radius 1 is 1.13 bits per heavy atom. The second-order valence-corrected chi connectivity index (χ2v) is 4.51. The van der Waals surface area contributed by atoms with E-state index in [4.69, 9.17) is 0 Å². The standard InChI is InChI=1S/C3Cl2F5NO3S/c4-2(6,7)1(3(5,8)9)11(14-1)15(10,12)13. The number of halogens is 7. The molecule has 1 atom stereocenters. The van der Waals surface area contributed by atoms with E-state index < -0.39 is 31.4 Å². The third-order valence-electron chi connectivity index (χ3n) is 1.41. The Kier molecular flexibility index (Phi) is 2.69. The van der Waals surface area contributed by atoms with E-state index in [2.05, 4.69) is 28.0 Å². The molecule has 0 aromatic carbocycles. The first-order chi connectivity index (χ1) is 6.34. The molecular formula is C3Cl2F5NO3S. The maximum absolute atomic E-state index is 12.4. The zero-order chi connectivity index (χ0) is 12.3. The van der Waals surface area contributed by atoms with Crippen molar-refractivity contribution in [1.29, 1.82) is 0 Å². The van der Waals surface area contributed by atoms with Crippen LogP contribution in [-0.4, -0.2) is 29.4 Å². The molecule has 1 aliphatic heterocycles. The molecule has 90 valence electrons. The highest BCUT2D eigenvalue weighted by Crippen LogP contribution is 2.60. The molecule has 15 heavy (non-hydrogen) atoms. The van der Waals surface area contributed by atoms with Gasteiger partial charge in [-0.3, -0.25) is 0 Å². The van der Waals surface area contributed by atoms with Gasteiger partial charge < -0.3 is 0 Å². The van der Waals surface area contributed by atoms with E-state index in [9.17, 15) is 29.9 Å². The molecule has 1 unspecified atom stereocenters. The summed E-state index contributed by atoms with van der Waals surface area (Å²) in [6.45, 7) is 0. The van der Waals surface area contributed by atoms with Crippen LogP contribution in [0.4, 0.5) is 21.4 Å². The van der Waals surface area contributed by atoms with Gasteiger partial charge in [-0.25, -0.2) is 4.84 Å². The van der Waals surface area contributed by atoms with Gasteiger partial charge in [0.25, 0.3) is 0 Å². The summed E-state index contributed by atoms with van der Waals surface area (Å²) in [5, 5.41) is -9.81. The monoisotopic (exact) mass is 295 g/mol. The molecule has 1 aliphatic rings. The number of nitrogens with zero attached hydrogens (tertiary/aromatic N) is 1. The fraction of sp³-hybridized carbons (Fsp3) is 1.00. The van der Waals surface area contributed by atoms with Crippen LogP contribution >= 0.6 is 23.2 Å². The predicted molar refractivity (Wildman–Crippen MR) is 37.3 cm³/mol. The van der Waals surface area contributed by atoms with Crippen molar-refractivity contribution < 1.29 is 34.7 Å². The van der Waals surface area contributed by atoms with Gasteiger partial charge in [0.2, 0.25) is 0 Å². The predicted octanol–water partition coefficient (Wildman–Crippen LogP) is 1.81. The van der Waals surface area contributed by atoms with Crippen LogP contribution in [0.3, 0.4) is 0 Å². The maximum Gasteiger partial charge on any atom is 0.400 e. The number of hydrogen-bond acceptors (Lipinski definition) is 3. The summed E-state index contributed by atoms with van der Waals surface area (Å²) < 4.78 is 80.7. The number of hydroxylamine groups is 1. The van der Waals surface area contributed by atoms with E-state index in [-0.39, 0.29) is 0 Å². The second-order valence-electron chi connectivity index (χ2n) is 2.40. The average molecular weight is 296 g/mol. The smallest absolute Gasteiger partial charge is 0.237 e. The van der Waals surface area contributed by atoms with Crippen LogP contribution in [0.2, 0.25) is 0 Å². The van der Waals surface area contributed by atoms with Gasteiger partial charge in [0, 0.05) is 0 Å². The van der Waals surface area contributed by atoms with Crippen molar-refractivity contribution in [2.45, 2.75) is 16.5 Å². The van der Waals surface area contributed by atoms with Gasteiger partial charge >= 0.3 is 26.9 Å². The van der Waals surface area contributed by atoms with Crippen LogP contribution in [0.25, 0.3) is 0 Å². The zero-order valence-electron chi connectivity index (χ0n) is 6.23. The van der Waals surface area contributed by atoms with E-state index in [1.165, 1.54) is 0 Å². The molecule has 1 fully saturated rings. The van der Waals surface area contributed by atoms with E-state index >= 15 is 0 Å². The fourth-order valence-electron chi connectivity index (χ4n) is 0.769. The summed E-state index contributed by atoms with van der Waals surface area (Å²) in [6.07, 6.45) is 0. The van der Waals surface area contributed by atoms with Crippen molar-refractivity contribution >= 4 is 33.6 Å². The van der Waals surface area contributed by atoms with Crippen molar-refractivity contribution in [3.63, 3.8) is 0 Å². The van der Waals surface area contributed by atoms with Crippen molar-refractivity contribution in [3.8, 4) is 0 Å². The van der Waals surface area contributed by atoms with Crippen LogP contribution < -0.4 is 0 Å². The molecule has 0 spiro atoms. The minimum Gasteiger partial charge on any atom is -0.237 e. The minimum atomic E-state index is -5.92. The molecule has 0 aromatic rings. The topological polar surface area (TPSA) is 49.7 Å². The molecule has 12 heteroatoms. The van der Waals surface area contributed by atoms with Gasteiger partial charge in [0.05, 0.1) is 0 Å². The first-order valence-corrected chi connectivity index (χ1v) is 5.01. The van der Waals surface area contributed by atoms with Crippen molar-refractivity contribution in [2.75, 3.05) is 0 Å². The summed E-state index contributed by atoms with van der Waals surface area (Å²) in [4.78, 5) is 3.30. The fourth-order valence-corrected chi connectivity index (χ4v) is 2.11. The van der Waals surface area contributed by atoms with Crippen molar-refractivity contribution in [1.82, 2.24) is 4.47 Å². The Balaban J connectivity index is 3.20. The number of rotatable bonds is 3. The first kappa shape index (κ1) is 13.2. The molecule has 1 rings (SSSR count). The molecule has 0 aromatic heterocycles. The molecular weight excluding hydrogens is 296 g/mol. The summed E-state index contributed by atoms with van der Waals surface area (Å²) in [5.41, 5.74) is -4.24. The lowest BCUT2D eigenvalue weighted by Crippen LogP contribution is -2.48. The van der Waals surface area contributed by atoms with Crippen LogP contribution in [0.1, 0.15) is 0 Å². The molecule has 0 saturated carbocycles. The summed E-state index contributed by atoms with van der Waals surface area (Å²) in [5.74, 6) is 0. The Bertz CT molecular complexity index is 360. The maximum atomic E-state index is 12.4. The molecule has 0 aliphatic carbocycles. The SMILES string of the molecule is O=S(=O)(F)N1OC1(C(F)(F)Cl)C(F)(F)Cl. The third kappa shape index (κ3) is 1.88. The Morgan fingerprint density at radius 2 is 1.47 bits per heavy atom. The largest absolute Gasteiger partial charge is 0.400 e. The lowest BCUT2D eigenvalue weighted by molar-refractivity contribution is -0.103. The van der Waals surface area contributed by atoms with Crippen LogP contribution in [0, 0.1) is 0 Å². The highest BCUT2D eigenvalue weighted by molar-refractivity contribution is 7.84. The minimum absolute atomic E-state index is 1.29. The number of alkyl halides is 6. The summed E-state index contributed by atoms with van der Waals surface area (Å²) >= 11 is 8.35. The van der Waals surface area contributed by atoms with Gasteiger partial charge in [0.1, 0.15) is 0 Å². The summed E-state index contributed by atoms with van der Waals surface area (Å²) in [6, 6.07) is 0. The average Bonchev–Trinajstić information content (AvgIpc) is 2.51. The van der Waals surface area contributed by atoms with Gasteiger partial charge in [-0.2, -0.15) is 26.0 Å². The quantitative estimate of drug-likeness (QED) is 0.345.